The Hall–Kier alpha value is -2.02. The van der Waals surface area contributed by atoms with Gasteiger partial charge in [0, 0.05) is 17.6 Å². The first-order valence-corrected chi connectivity index (χ1v) is 5.93. The number of nitrogens with zero attached hydrogens (tertiary/aromatic N) is 3. The number of aryl methyl sites for hydroxylation is 1. The van der Waals surface area contributed by atoms with Gasteiger partial charge in [0.2, 0.25) is 0 Å². The van der Waals surface area contributed by atoms with E-state index in [1.807, 2.05) is 13.1 Å². The fourth-order valence-electron chi connectivity index (χ4n) is 1.36. The standard InChI is InChI=1S/C11H12N4O2S/c1-15-6-13-14-11(15)18-7-3-4-9(12)8(5-7)10(16)17-2/h3-6H,12H2,1-2H3. The van der Waals surface area contributed by atoms with Crippen molar-refractivity contribution in [1.29, 1.82) is 0 Å². The van der Waals surface area contributed by atoms with Crippen molar-refractivity contribution in [3.63, 3.8) is 0 Å². The average Bonchev–Trinajstić information content (AvgIpc) is 2.76. The summed E-state index contributed by atoms with van der Waals surface area (Å²) in [5.41, 5.74) is 6.47. The molecule has 7 heteroatoms. The van der Waals surface area contributed by atoms with E-state index < -0.39 is 5.97 Å². The van der Waals surface area contributed by atoms with Crippen LogP contribution in [0.15, 0.2) is 34.6 Å². The lowest BCUT2D eigenvalue weighted by atomic mass is 10.2. The molecule has 1 aromatic heterocycles. The first-order chi connectivity index (χ1) is 8.61. The second kappa shape index (κ2) is 5.09. The first kappa shape index (κ1) is 12.4. The maximum atomic E-state index is 11.5. The molecule has 0 amide bonds. The van der Waals surface area contributed by atoms with Gasteiger partial charge in [0.25, 0.3) is 0 Å². The number of rotatable bonds is 3. The zero-order valence-electron chi connectivity index (χ0n) is 9.95. The lowest BCUT2D eigenvalue weighted by Gasteiger charge is -2.06. The van der Waals surface area contributed by atoms with Gasteiger partial charge in [-0.05, 0) is 30.0 Å². The first-order valence-electron chi connectivity index (χ1n) is 5.11. The van der Waals surface area contributed by atoms with E-state index in [4.69, 9.17) is 5.73 Å². The summed E-state index contributed by atoms with van der Waals surface area (Å²) in [7, 11) is 3.17. The molecule has 0 unspecified atom stereocenters. The SMILES string of the molecule is COC(=O)c1cc(Sc2nncn2C)ccc1N. The number of ether oxygens (including phenoxy) is 1. The number of benzene rings is 1. The van der Waals surface area contributed by atoms with E-state index in [0.717, 1.165) is 10.1 Å². The summed E-state index contributed by atoms with van der Waals surface area (Å²) in [5, 5.41) is 8.47. The van der Waals surface area contributed by atoms with Gasteiger partial charge in [-0.2, -0.15) is 0 Å². The molecule has 0 aliphatic heterocycles. The Morgan fingerprint density at radius 3 is 2.89 bits per heavy atom. The van der Waals surface area contributed by atoms with Gasteiger partial charge in [-0.15, -0.1) is 10.2 Å². The molecule has 0 aliphatic rings. The second-order valence-electron chi connectivity index (χ2n) is 3.57. The number of aromatic nitrogens is 3. The van der Waals surface area contributed by atoms with Gasteiger partial charge < -0.3 is 15.0 Å². The second-order valence-corrected chi connectivity index (χ2v) is 4.61. The fourth-order valence-corrected chi connectivity index (χ4v) is 2.16. The van der Waals surface area contributed by atoms with E-state index in [-0.39, 0.29) is 0 Å². The van der Waals surface area contributed by atoms with Crippen molar-refractivity contribution in [1.82, 2.24) is 14.8 Å². The van der Waals surface area contributed by atoms with Crippen molar-refractivity contribution < 1.29 is 9.53 Å². The highest BCUT2D eigenvalue weighted by Crippen LogP contribution is 2.28. The van der Waals surface area contributed by atoms with Crippen LogP contribution < -0.4 is 5.73 Å². The highest BCUT2D eigenvalue weighted by Gasteiger charge is 2.12. The lowest BCUT2D eigenvalue weighted by molar-refractivity contribution is 0.0601. The number of methoxy groups -OCH3 is 1. The fraction of sp³-hybridized carbons (Fsp3) is 0.182. The van der Waals surface area contributed by atoms with Gasteiger partial charge in [0.1, 0.15) is 6.33 Å². The molecule has 2 rings (SSSR count). The van der Waals surface area contributed by atoms with Gasteiger partial charge in [0.05, 0.1) is 12.7 Å². The van der Waals surface area contributed by atoms with Crippen LogP contribution in [0.4, 0.5) is 5.69 Å². The van der Waals surface area contributed by atoms with Crippen molar-refractivity contribution in [3.8, 4) is 0 Å². The minimum Gasteiger partial charge on any atom is -0.465 e. The Balaban J connectivity index is 2.30. The smallest absolute Gasteiger partial charge is 0.339 e. The molecule has 0 bridgehead atoms. The summed E-state index contributed by atoms with van der Waals surface area (Å²) in [6.07, 6.45) is 1.61. The number of carbonyl (C=O) groups excluding carboxylic acids is 1. The van der Waals surface area contributed by atoms with Crippen LogP contribution >= 0.6 is 11.8 Å². The van der Waals surface area contributed by atoms with Gasteiger partial charge in [-0.3, -0.25) is 0 Å². The van der Waals surface area contributed by atoms with Gasteiger partial charge in [-0.1, -0.05) is 0 Å². The Kier molecular flexibility index (Phi) is 3.52. The Labute approximate surface area is 108 Å². The molecule has 94 valence electrons. The number of nitrogen functional groups attached to an aromatic ring is 1. The van der Waals surface area contributed by atoms with Gasteiger partial charge >= 0.3 is 5.97 Å². The zero-order valence-corrected chi connectivity index (χ0v) is 10.8. The number of hydrogen-bond acceptors (Lipinski definition) is 6. The molecule has 0 saturated carbocycles. The molecule has 0 saturated heterocycles. The van der Waals surface area contributed by atoms with Crippen molar-refractivity contribution in [2.75, 3.05) is 12.8 Å². The van der Waals surface area contributed by atoms with Crippen LogP contribution in [0.2, 0.25) is 0 Å². The number of esters is 1. The molecule has 18 heavy (non-hydrogen) atoms. The summed E-state index contributed by atoms with van der Waals surface area (Å²) in [4.78, 5) is 12.4. The number of anilines is 1. The normalized spacial score (nSPS) is 10.3. The molecule has 2 N–H and O–H groups in total. The largest absolute Gasteiger partial charge is 0.465 e. The van der Waals surface area contributed by atoms with Crippen LogP contribution in [0, 0.1) is 0 Å². The monoisotopic (exact) mass is 264 g/mol. The van der Waals surface area contributed by atoms with Crippen LogP contribution in [0.5, 0.6) is 0 Å². The average molecular weight is 264 g/mol. The highest BCUT2D eigenvalue weighted by atomic mass is 32.2. The van der Waals surface area contributed by atoms with Crippen molar-refractivity contribution in [3.05, 3.63) is 30.1 Å². The molecule has 1 aromatic carbocycles. The molecule has 1 heterocycles. The molecule has 0 atom stereocenters. The third kappa shape index (κ3) is 2.45. The summed E-state index contributed by atoms with van der Waals surface area (Å²) in [5.74, 6) is -0.451. The molecular weight excluding hydrogens is 252 g/mol. The number of carbonyl (C=O) groups is 1. The van der Waals surface area contributed by atoms with Gasteiger partial charge in [0.15, 0.2) is 5.16 Å². The topological polar surface area (TPSA) is 83.0 Å². The van der Waals surface area contributed by atoms with E-state index in [2.05, 4.69) is 14.9 Å². The van der Waals surface area contributed by atoms with Crippen LogP contribution in [-0.2, 0) is 11.8 Å². The zero-order chi connectivity index (χ0) is 13.1. The third-order valence-electron chi connectivity index (χ3n) is 2.31. The molecular formula is C11H12N4O2S. The Morgan fingerprint density at radius 1 is 1.50 bits per heavy atom. The van der Waals surface area contributed by atoms with E-state index in [9.17, 15) is 4.79 Å². The highest BCUT2D eigenvalue weighted by molar-refractivity contribution is 7.99. The van der Waals surface area contributed by atoms with Crippen molar-refractivity contribution in [2.45, 2.75) is 10.1 Å². The van der Waals surface area contributed by atoms with Crippen molar-refractivity contribution >= 4 is 23.4 Å². The summed E-state index contributed by atoms with van der Waals surface area (Å²) >= 11 is 1.40. The Morgan fingerprint density at radius 2 is 2.28 bits per heavy atom. The molecule has 6 nitrogen and oxygen atoms in total. The summed E-state index contributed by atoms with van der Waals surface area (Å²) in [6.45, 7) is 0. The number of nitrogens with two attached hydrogens (primary N) is 1. The predicted molar refractivity (Wildman–Crippen MR) is 67.3 cm³/mol. The molecule has 0 fully saturated rings. The van der Waals surface area contributed by atoms with Gasteiger partial charge in [-0.25, -0.2) is 4.79 Å². The maximum Gasteiger partial charge on any atom is 0.339 e. The third-order valence-corrected chi connectivity index (χ3v) is 3.35. The lowest BCUT2D eigenvalue weighted by Crippen LogP contribution is -2.05. The predicted octanol–water partition coefficient (Wildman–Crippen LogP) is 1.34. The molecule has 0 radical (unpaired) electrons. The summed E-state index contributed by atoms with van der Waals surface area (Å²) < 4.78 is 6.46. The van der Waals surface area contributed by atoms with E-state index in [0.29, 0.717) is 11.3 Å². The van der Waals surface area contributed by atoms with Crippen molar-refractivity contribution in [2.24, 2.45) is 7.05 Å². The van der Waals surface area contributed by atoms with Crippen LogP contribution in [0.3, 0.4) is 0 Å². The maximum absolute atomic E-state index is 11.5. The van der Waals surface area contributed by atoms with Crippen LogP contribution in [0.1, 0.15) is 10.4 Å². The van der Waals surface area contributed by atoms with Crippen LogP contribution in [0.25, 0.3) is 0 Å². The molecule has 0 aliphatic carbocycles. The quantitative estimate of drug-likeness (QED) is 0.665. The van der Waals surface area contributed by atoms with Crippen LogP contribution in [-0.4, -0.2) is 27.8 Å². The Bertz CT molecular complexity index is 582. The van der Waals surface area contributed by atoms with E-state index in [1.54, 1.807) is 23.0 Å². The van der Waals surface area contributed by atoms with E-state index in [1.165, 1.54) is 18.9 Å². The minimum absolute atomic E-state index is 0.352. The number of hydrogen-bond donors (Lipinski definition) is 1. The minimum atomic E-state index is -0.451. The molecule has 0 spiro atoms. The molecule has 2 aromatic rings. The van der Waals surface area contributed by atoms with E-state index >= 15 is 0 Å². The summed E-state index contributed by atoms with van der Waals surface area (Å²) in [6, 6.07) is 5.17.